The van der Waals surface area contributed by atoms with Crippen LogP contribution in [0, 0.1) is 212 Å². The van der Waals surface area contributed by atoms with Gasteiger partial charge in [0.15, 0.2) is 0 Å². The zero-order valence-corrected chi connectivity index (χ0v) is 23.6. The average Bonchev–Trinajstić information content (AvgIpc) is 2.35. The largest absolute Gasteiger partial charge is 0.0776 e. The van der Waals surface area contributed by atoms with Crippen LogP contribution in [0.2, 0.25) is 0 Å². The minimum atomic E-state index is 0. The van der Waals surface area contributed by atoms with Crippen LogP contribution in [0.3, 0.4) is 0 Å². The molecule has 0 aliphatic carbocycles. The van der Waals surface area contributed by atoms with Crippen LogP contribution in [-0.2, 0) is 42.1 Å². The van der Waals surface area contributed by atoms with Crippen LogP contribution in [-0.4, -0.2) is 0 Å². The molecule has 0 N–H and O–H groups in total. The zero-order chi connectivity index (χ0) is 13.1. The fourth-order valence-electron chi connectivity index (χ4n) is 1.61. The van der Waals surface area contributed by atoms with Crippen LogP contribution in [0.5, 0.6) is 0 Å². The molecule has 0 rings (SSSR count). The molecule has 4 unspecified atom stereocenters. The SMILES string of the molecule is C.C.CCC(C)C(C)CC.CCC(C)C(C)CC.[Ar].[Ar].[Ar].[Ar].[Ar].[Pt].[Pt]. The average molecular weight is 850 g/mol. The first kappa shape index (κ1) is 69.8. The molecule has 25 heavy (non-hydrogen) atoms. The van der Waals surface area contributed by atoms with Gasteiger partial charge in [0.25, 0.3) is 0 Å². The molecular weight excluding hydrogens is 806 g/mol. The van der Waals surface area contributed by atoms with Crippen LogP contribution in [0.1, 0.15) is 95.9 Å². The van der Waals surface area contributed by atoms with Crippen molar-refractivity contribution in [3.8, 4) is 0 Å². The molecule has 0 fully saturated rings. The first-order valence-electron chi connectivity index (χ1n) is 7.44. The summed E-state index contributed by atoms with van der Waals surface area (Å²) < 4.78 is 0. The van der Waals surface area contributed by atoms with Gasteiger partial charge in [-0.1, -0.05) is 95.9 Å². The van der Waals surface area contributed by atoms with E-state index in [0.29, 0.717) is 0 Å². The normalized spacial score (nSPS) is 11.5. The molecule has 0 aromatic rings. The number of hydrogen-bond donors (Lipinski definition) is 0. The summed E-state index contributed by atoms with van der Waals surface area (Å²) >= 11 is 0. The maximum Gasteiger partial charge on any atom is 0 e. The first-order valence-corrected chi connectivity index (χ1v) is 7.44. The predicted octanol–water partition coefficient (Wildman–Crippen LogP) is 7.42. The maximum atomic E-state index is 2.33. The van der Waals surface area contributed by atoms with E-state index in [0.717, 1.165) is 23.7 Å². The van der Waals surface area contributed by atoms with Gasteiger partial charge in [0, 0.05) is 231 Å². The van der Waals surface area contributed by atoms with Crippen molar-refractivity contribution in [3.63, 3.8) is 0 Å². The zero-order valence-electron chi connectivity index (χ0n) is 15.5. The smallest absolute Gasteiger partial charge is 0 e. The standard InChI is InChI=1S/2C8H18.2CH4.5Ar.2Pt/c2*1-5-7(3)8(4)6-2;;;;;;;;;/h2*7-8H,5-6H2,1-4H3;2*1H4;;;;;;;. The monoisotopic (exact) mass is 850 g/mol. The quantitative estimate of drug-likeness (QED) is 0.261. The van der Waals surface area contributed by atoms with E-state index in [1.165, 1.54) is 25.7 Å². The molecule has 0 amide bonds. The van der Waals surface area contributed by atoms with Gasteiger partial charge in [0.05, 0.1) is 0 Å². The summed E-state index contributed by atoms with van der Waals surface area (Å²) in [6.45, 7) is 18.4. The Labute approximate surface area is 341 Å². The van der Waals surface area contributed by atoms with Gasteiger partial charge in [0.2, 0.25) is 0 Å². The van der Waals surface area contributed by atoms with Crippen molar-refractivity contribution in [2.24, 2.45) is 23.7 Å². The topological polar surface area (TPSA) is 0 Å². The summed E-state index contributed by atoms with van der Waals surface area (Å²) in [4.78, 5) is 0. The third kappa shape index (κ3) is 49.8. The van der Waals surface area contributed by atoms with Gasteiger partial charge < -0.3 is 0 Å². The Balaban J connectivity index is -0.0000000128. The van der Waals surface area contributed by atoms with Crippen LogP contribution in [0.15, 0.2) is 0 Å². The van der Waals surface area contributed by atoms with Crippen LogP contribution in [0.4, 0.5) is 0 Å². The predicted molar refractivity (Wildman–Crippen MR) is 91.3 cm³/mol. The van der Waals surface area contributed by atoms with Gasteiger partial charge in [0.1, 0.15) is 0 Å². The Morgan fingerprint density at radius 1 is 0.400 bits per heavy atom. The molecule has 0 bridgehead atoms. The molecule has 0 saturated heterocycles. The fraction of sp³-hybridized carbons (Fsp3) is 1.00. The van der Waals surface area contributed by atoms with Crippen molar-refractivity contribution in [3.05, 3.63) is 0 Å². The van der Waals surface area contributed by atoms with Crippen molar-refractivity contribution >= 4 is 0 Å². The van der Waals surface area contributed by atoms with Crippen LogP contribution in [0.25, 0.3) is 0 Å². The molecule has 176 valence electrons. The van der Waals surface area contributed by atoms with Gasteiger partial charge in [-0.15, -0.1) is 0 Å². The summed E-state index contributed by atoms with van der Waals surface area (Å²) in [7, 11) is 0. The van der Waals surface area contributed by atoms with Crippen LogP contribution >= 0.6 is 0 Å². The van der Waals surface area contributed by atoms with Gasteiger partial charge >= 0.3 is 0 Å². The molecule has 0 radical (unpaired) electrons. The Morgan fingerprint density at radius 3 is 0.520 bits per heavy atom. The number of hydrogen-bond acceptors (Lipinski definition) is 0. The number of rotatable bonds is 6. The van der Waals surface area contributed by atoms with E-state index in [1.807, 2.05) is 0 Å². The Bertz CT molecular complexity index is 123. The molecule has 0 spiro atoms. The van der Waals surface area contributed by atoms with E-state index in [1.54, 1.807) is 0 Å². The van der Waals surface area contributed by atoms with E-state index >= 15 is 0 Å². The molecule has 0 nitrogen and oxygen atoms in total. The van der Waals surface area contributed by atoms with E-state index in [2.05, 4.69) is 55.4 Å². The van der Waals surface area contributed by atoms with Gasteiger partial charge in [-0.2, -0.15) is 0 Å². The van der Waals surface area contributed by atoms with Gasteiger partial charge in [-0.3, -0.25) is 0 Å². The van der Waals surface area contributed by atoms with E-state index in [4.69, 9.17) is 0 Å². The Kier molecular flexibility index (Phi) is 148. The third-order valence-electron chi connectivity index (χ3n) is 4.52. The molecule has 0 aliphatic heterocycles. The second kappa shape index (κ2) is 53.2. The van der Waals surface area contributed by atoms with Gasteiger partial charge in [-0.25, -0.2) is 0 Å². The van der Waals surface area contributed by atoms with E-state index in [9.17, 15) is 0 Å². The van der Waals surface area contributed by atoms with Crippen molar-refractivity contribution in [1.29, 1.82) is 0 Å². The van der Waals surface area contributed by atoms with Crippen molar-refractivity contribution in [2.45, 2.75) is 95.9 Å². The van der Waals surface area contributed by atoms with Crippen LogP contribution < -0.4 is 0 Å². The molecular formula is C18H44Ar5Pt2. The minimum absolute atomic E-state index is 0. The molecule has 7 heteroatoms. The molecule has 0 aliphatic rings. The fourth-order valence-corrected chi connectivity index (χ4v) is 1.61. The van der Waals surface area contributed by atoms with Crippen molar-refractivity contribution in [1.82, 2.24) is 0 Å². The Morgan fingerprint density at radius 2 is 0.480 bits per heavy atom. The summed E-state index contributed by atoms with van der Waals surface area (Å²) in [5.74, 6) is 3.67. The second-order valence-corrected chi connectivity index (χ2v) is 5.54. The summed E-state index contributed by atoms with van der Waals surface area (Å²) in [5.41, 5.74) is 0. The summed E-state index contributed by atoms with van der Waals surface area (Å²) in [6, 6.07) is 0. The maximum absolute atomic E-state index is 2.33. The molecule has 0 heterocycles. The molecule has 0 aromatic carbocycles. The molecule has 4 atom stereocenters. The Hall–Kier alpha value is 7.68. The molecule has 0 aromatic heterocycles. The first-order chi connectivity index (χ1) is 7.44. The summed E-state index contributed by atoms with van der Waals surface area (Å²) in [6.07, 6.45) is 5.31. The van der Waals surface area contributed by atoms with Crippen molar-refractivity contribution < 1.29 is 231 Å². The third-order valence-corrected chi connectivity index (χ3v) is 4.52. The minimum Gasteiger partial charge on any atom is -0.0776 e. The molecule has 0 saturated carbocycles. The van der Waals surface area contributed by atoms with E-state index in [-0.39, 0.29) is 246 Å². The summed E-state index contributed by atoms with van der Waals surface area (Å²) in [5, 5.41) is 0. The van der Waals surface area contributed by atoms with Gasteiger partial charge in [-0.05, 0) is 23.7 Å². The van der Waals surface area contributed by atoms with Crippen molar-refractivity contribution in [2.75, 3.05) is 0 Å². The van der Waals surface area contributed by atoms with E-state index < -0.39 is 0 Å². The second-order valence-electron chi connectivity index (χ2n) is 5.54.